The van der Waals surface area contributed by atoms with Crippen molar-refractivity contribution in [2.75, 3.05) is 6.54 Å². The van der Waals surface area contributed by atoms with Crippen molar-refractivity contribution < 1.29 is 14.7 Å². The molecule has 4 heteroatoms. The molecule has 3 rings (SSSR count). The third kappa shape index (κ3) is 2.95. The molecule has 0 spiro atoms. The fourth-order valence-electron chi connectivity index (χ4n) is 3.12. The summed E-state index contributed by atoms with van der Waals surface area (Å²) < 4.78 is 0. The van der Waals surface area contributed by atoms with E-state index in [9.17, 15) is 14.7 Å². The van der Waals surface area contributed by atoms with Gasteiger partial charge >= 0.3 is 0 Å². The van der Waals surface area contributed by atoms with Crippen molar-refractivity contribution in [2.45, 2.75) is 19.4 Å². The smallest absolute Gasteiger partial charge is 0.290 e. The Labute approximate surface area is 141 Å². The van der Waals surface area contributed by atoms with Crippen molar-refractivity contribution in [1.29, 1.82) is 0 Å². The highest BCUT2D eigenvalue weighted by Gasteiger charge is 2.41. The average molecular weight is 321 g/mol. The van der Waals surface area contributed by atoms with Crippen LogP contribution in [0, 0.1) is 0 Å². The van der Waals surface area contributed by atoms with Crippen molar-refractivity contribution in [3.63, 3.8) is 0 Å². The van der Waals surface area contributed by atoms with E-state index in [1.165, 1.54) is 6.92 Å². The van der Waals surface area contributed by atoms with Crippen LogP contribution < -0.4 is 0 Å². The van der Waals surface area contributed by atoms with Crippen LogP contribution in [0.2, 0.25) is 0 Å². The zero-order valence-electron chi connectivity index (χ0n) is 13.5. The summed E-state index contributed by atoms with van der Waals surface area (Å²) in [6.45, 7) is 1.82. The summed E-state index contributed by atoms with van der Waals surface area (Å²) in [4.78, 5) is 26.1. The van der Waals surface area contributed by atoms with Crippen LogP contribution in [-0.2, 0) is 16.0 Å². The van der Waals surface area contributed by atoms with Crippen molar-refractivity contribution in [2.24, 2.45) is 0 Å². The van der Waals surface area contributed by atoms with E-state index in [1.807, 2.05) is 60.7 Å². The second-order valence-corrected chi connectivity index (χ2v) is 5.87. The monoisotopic (exact) mass is 321 g/mol. The molecule has 122 valence electrons. The first-order chi connectivity index (χ1) is 11.6. The molecule has 1 aliphatic heterocycles. The maximum atomic E-state index is 12.5. The van der Waals surface area contributed by atoms with Crippen LogP contribution >= 0.6 is 0 Å². The highest BCUT2D eigenvalue weighted by atomic mass is 16.3. The van der Waals surface area contributed by atoms with Crippen LogP contribution in [-0.4, -0.2) is 28.2 Å². The molecule has 1 atom stereocenters. The third-order valence-electron chi connectivity index (χ3n) is 4.28. The summed E-state index contributed by atoms with van der Waals surface area (Å²) >= 11 is 0. The lowest BCUT2D eigenvalue weighted by atomic mass is 9.96. The molecule has 0 radical (unpaired) electrons. The van der Waals surface area contributed by atoms with Crippen LogP contribution in [0.1, 0.15) is 24.1 Å². The largest absolute Gasteiger partial charge is 0.503 e. The van der Waals surface area contributed by atoms with Gasteiger partial charge in [0.2, 0.25) is 0 Å². The maximum absolute atomic E-state index is 12.5. The zero-order valence-corrected chi connectivity index (χ0v) is 13.5. The molecule has 1 N–H and O–H groups in total. The van der Waals surface area contributed by atoms with E-state index < -0.39 is 17.7 Å². The average Bonchev–Trinajstić information content (AvgIpc) is 2.86. The maximum Gasteiger partial charge on any atom is 0.290 e. The minimum Gasteiger partial charge on any atom is -0.503 e. The number of rotatable bonds is 5. The van der Waals surface area contributed by atoms with Gasteiger partial charge in [-0.3, -0.25) is 9.59 Å². The van der Waals surface area contributed by atoms with E-state index in [4.69, 9.17) is 0 Å². The quantitative estimate of drug-likeness (QED) is 0.920. The van der Waals surface area contributed by atoms with E-state index in [2.05, 4.69) is 0 Å². The van der Waals surface area contributed by atoms with Crippen molar-refractivity contribution in [3.05, 3.63) is 83.1 Å². The second kappa shape index (κ2) is 6.71. The van der Waals surface area contributed by atoms with Gasteiger partial charge in [-0.25, -0.2) is 0 Å². The third-order valence-corrected chi connectivity index (χ3v) is 4.28. The van der Waals surface area contributed by atoms with Gasteiger partial charge in [-0.2, -0.15) is 0 Å². The Kier molecular flexibility index (Phi) is 4.47. The second-order valence-electron chi connectivity index (χ2n) is 5.87. The molecule has 1 amide bonds. The Morgan fingerprint density at radius 2 is 1.62 bits per heavy atom. The number of nitrogens with zero attached hydrogens (tertiary/aromatic N) is 1. The predicted molar refractivity (Wildman–Crippen MR) is 91.4 cm³/mol. The molecule has 0 saturated carbocycles. The standard InChI is InChI=1S/C20H19NO3/c1-14(22)17-18(16-10-6-3-7-11-16)21(20(24)19(17)23)13-12-15-8-4-2-5-9-15/h2-11,18,23H,12-13H2,1H3. The fraction of sp³-hybridized carbons (Fsp3) is 0.200. The van der Waals surface area contributed by atoms with E-state index in [0.29, 0.717) is 13.0 Å². The van der Waals surface area contributed by atoms with Crippen LogP contribution in [0.25, 0.3) is 0 Å². The highest BCUT2D eigenvalue weighted by molar-refractivity contribution is 6.08. The van der Waals surface area contributed by atoms with E-state index in [1.54, 1.807) is 4.90 Å². The number of carbonyl (C=O) groups excluding carboxylic acids is 2. The van der Waals surface area contributed by atoms with Gasteiger partial charge in [0, 0.05) is 6.54 Å². The van der Waals surface area contributed by atoms with Gasteiger partial charge in [-0.1, -0.05) is 60.7 Å². The van der Waals surface area contributed by atoms with Gasteiger partial charge in [0.15, 0.2) is 11.5 Å². The van der Waals surface area contributed by atoms with E-state index >= 15 is 0 Å². The lowest BCUT2D eigenvalue weighted by molar-refractivity contribution is -0.129. The molecule has 1 unspecified atom stereocenters. The first kappa shape index (κ1) is 16.0. The summed E-state index contributed by atoms with van der Waals surface area (Å²) in [6.07, 6.45) is 0.661. The Morgan fingerprint density at radius 1 is 1.04 bits per heavy atom. The summed E-state index contributed by atoms with van der Waals surface area (Å²) in [5.74, 6) is -1.19. The Bertz CT molecular complexity index is 781. The Morgan fingerprint density at radius 3 is 2.21 bits per heavy atom. The molecule has 0 aliphatic carbocycles. The first-order valence-electron chi connectivity index (χ1n) is 7.93. The lowest BCUT2D eigenvalue weighted by Gasteiger charge is -2.26. The summed E-state index contributed by atoms with van der Waals surface area (Å²) in [5.41, 5.74) is 2.11. The molecule has 2 aromatic carbocycles. The first-order valence-corrected chi connectivity index (χ1v) is 7.93. The normalized spacial score (nSPS) is 17.5. The SMILES string of the molecule is CC(=O)C1=C(O)C(=O)N(CCc2ccccc2)C1c1ccccc1. The zero-order chi connectivity index (χ0) is 17.1. The molecule has 0 saturated heterocycles. The molecule has 1 aliphatic rings. The number of carbonyl (C=O) groups is 2. The van der Waals surface area contributed by atoms with Gasteiger partial charge in [-0.05, 0) is 24.5 Å². The predicted octanol–water partition coefficient (Wildman–Crippen LogP) is 3.21. The number of hydrogen-bond donors (Lipinski definition) is 1. The molecule has 24 heavy (non-hydrogen) atoms. The number of Topliss-reactive ketones (excluding diaryl/α,β-unsaturated/α-hetero) is 1. The van der Waals surface area contributed by atoms with Crippen molar-refractivity contribution in [3.8, 4) is 0 Å². The van der Waals surface area contributed by atoms with Gasteiger partial charge in [-0.15, -0.1) is 0 Å². The van der Waals surface area contributed by atoms with Crippen LogP contribution in [0.3, 0.4) is 0 Å². The van der Waals surface area contributed by atoms with Crippen molar-refractivity contribution in [1.82, 2.24) is 4.90 Å². The van der Waals surface area contributed by atoms with Crippen LogP contribution in [0.5, 0.6) is 0 Å². The summed E-state index contributed by atoms with van der Waals surface area (Å²) in [6, 6.07) is 18.7. The highest BCUT2D eigenvalue weighted by Crippen LogP contribution is 2.37. The number of aliphatic hydroxyl groups excluding tert-OH is 1. The number of ketones is 1. The lowest BCUT2D eigenvalue weighted by Crippen LogP contribution is -2.32. The Balaban J connectivity index is 1.92. The molecule has 4 nitrogen and oxygen atoms in total. The molecule has 0 aromatic heterocycles. The van der Waals surface area contributed by atoms with Crippen LogP contribution in [0.4, 0.5) is 0 Å². The molecule has 0 fully saturated rings. The van der Waals surface area contributed by atoms with Gasteiger partial charge < -0.3 is 10.0 Å². The number of hydrogen-bond acceptors (Lipinski definition) is 3. The summed E-state index contributed by atoms with van der Waals surface area (Å²) in [5, 5.41) is 10.2. The number of aliphatic hydroxyl groups is 1. The minimum atomic E-state index is -0.528. The minimum absolute atomic E-state index is 0.180. The molecular formula is C20H19NO3. The van der Waals surface area contributed by atoms with E-state index in [0.717, 1.165) is 11.1 Å². The van der Waals surface area contributed by atoms with Gasteiger partial charge in [0.25, 0.3) is 5.91 Å². The number of amides is 1. The van der Waals surface area contributed by atoms with Crippen LogP contribution in [0.15, 0.2) is 72.0 Å². The topological polar surface area (TPSA) is 57.6 Å². The summed E-state index contributed by atoms with van der Waals surface area (Å²) in [7, 11) is 0. The number of benzene rings is 2. The Hall–Kier alpha value is -2.88. The fourth-order valence-corrected chi connectivity index (χ4v) is 3.12. The van der Waals surface area contributed by atoms with Gasteiger partial charge in [0.05, 0.1) is 11.6 Å². The molecular weight excluding hydrogens is 302 g/mol. The molecule has 2 aromatic rings. The molecule has 1 heterocycles. The van der Waals surface area contributed by atoms with Gasteiger partial charge in [0.1, 0.15) is 0 Å². The molecule has 0 bridgehead atoms. The van der Waals surface area contributed by atoms with E-state index in [-0.39, 0.29) is 11.4 Å². The van der Waals surface area contributed by atoms with Crippen molar-refractivity contribution >= 4 is 11.7 Å².